The lowest BCUT2D eigenvalue weighted by molar-refractivity contribution is 0.275. The normalized spacial score (nSPS) is 13.3. The van der Waals surface area contributed by atoms with Crippen LogP contribution in [0.2, 0.25) is 0 Å². The first-order valence-corrected chi connectivity index (χ1v) is 7.61. The topological polar surface area (TPSA) is 108 Å². The fourth-order valence-corrected chi connectivity index (χ4v) is 3.20. The Hall–Kier alpha value is -1.84. The van der Waals surface area contributed by atoms with Gasteiger partial charge in [0.05, 0.1) is 17.5 Å². The van der Waals surface area contributed by atoms with Crippen LogP contribution < -0.4 is 4.72 Å². The van der Waals surface area contributed by atoms with Gasteiger partial charge >= 0.3 is 0 Å². The molecule has 1 heterocycles. The van der Waals surface area contributed by atoms with Gasteiger partial charge in [-0.3, -0.25) is 5.10 Å². The third-order valence-corrected chi connectivity index (χ3v) is 4.48. The van der Waals surface area contributed by atoms with Crippen molar-refractivity contribution in [3.05, 3.63) is 41.2 Å². The van der Waals surface area contributed by atoms with Gasteiger partial charge in [-0.1, -0.05) is 0 Å². The van der Waals surface area contributed by atoms with Crippen molar-refractivity contribution in [1.29, 1.82) is 0 Å². The Morgan fingerprint density at radius 2 is 2.19 bits per heavy atom. The third-order valence-electron chi connectivity index (χ3n) is 2.96. The highest BCUT2D eigenvalue weighted by atomic mass is 32.2. The van der Waals surface area contributed by atoms with Gasteiger partial charge in [-0.25, -0.2) is 22.5 Å². The lowest BCUT2D eigenvalue weighted by atomic mass is 10.1. The van der Waals surface area contributed by atoms with Gasteiger partial charge in [-0.05, 0) is 31.5 Å². The van der Waals surface area contributed by atoms with Gasteiger partial charge in [-0.15, -0.1) is 0 Å². The standard InChI is InChI=1S/C12H15FN4O3S/c1-7-3-10(4-9(5-18)11(7)13)21(19,20)17-8(2)12-14-6-15-16-12/h3-4,6,8,17-18H,5H2,1-2H3,(H,14,15,16). The first-order valence-electron chi connectivity index (χ1n) is 6.12. The molecule has 0 aliphatic carbocycles. The second-order valence-electron chi connectivity index (χ2n) is 4.59. The minimum atomic E-state index is -3.87. The van der Waals surface area contributed by atoms with Gasteiger partial charge in [0.25, 0.3) is 0 Å². The summed E-state index contributed by atoms with van der Waals surface area (Å²) in [5.41, 5.74) is 0.0805. The van der Waals surface area contributed by atoms with Crippen molar-refractivity contribution >= 4 is 10.0 Å². The van der Waals surface area contributed by atoms with Crippen LogP contribution in [-0.4, -0.2) is 28.7 Å². The van der Waals surface area contributed by atoms with E-state index in [1.165, 1.54) is 19.3 Å². The van der Waals surface area contributed by atoms with Gasteiger partial charge in [0, 0.05) is 5.56 Å². The van der Waals surface area contributed by atoms with Crippen LogP contribution in [0.1, 0.15) is 29.9 Å². The smallest absolute Gasteiger partial charge is 0.241 e. The van der Waals surface area contributed by atoms with Crippen molar-refractivity contribution in [2.45, 2.75) is 31.4 Å². The van der Waals surface area contributed by atoms with Crippen LogP contribution in [-0.2, 0) is 16.6 Å². The average molecular weight is 314 g/mol. The Balaban J connectivity index is 2.34. The molecule has 0 aliphatic rings. The maximum absolute atomic E-state index is 13.7. The SMILES string of the molecule is Cc1cc(S(=O)(=O)NC(C)c2ncn[nH]2)cc(CO)c1F. The molecule has 0 saturated carbocycles. The summed E-state index contributed by atoms with van der Waals surface area (Å²) >= 11 is 0. The molecular weight excluding hydrogens is 299 g/mol. The van der Waals surface area contributed by atoms with Crippen molar-refractivity contribution in [1.82, 2.24) is 19.9 Å². The zero-order chi connectivity index (χ0) is 15.6. The van der Waals surface area contributed by atoms with Crippen molar-refractivity contribution in [3.63, 3.8) is 0 Å². The van der Waals surface area contributed by atoms with Crippen molar-refractivity contribution in [2.75, 3.05) is 0 Å². The van der Waals surface area contributed by atoms with E-state index in [1.54, 1.807) is 6.92 Å². The number of rotatable bonds is 5. The maximum atomic E-state index is 13.7. The molecule has 1 atom stereocenters. The summed E-state index contributed by atoms with van der Waals surface area (Å²) in [5, 5.41) is 15.3. The zero-order valence-corrected chi connectivity index (χ0v) is 12.3. The number of nitrogens with one attached hydrogen (secondary N) is 2. The molecule has 3 N–H and O–H groups in total. The Kier molecular flexibility index (Phi) is 4.35. The largest absolute Gasteiger partial charge is 0.392 e. The molecular formula is C12H15FN4O3S. The molecule has 21 heavy (non-hydrogen) atoms. The fraction of sp³-hybridized carbons (Fsp3) is 0.333. The zero-order valence-electron chi connectivity index (χ0n) is 11.5. The van der Waals surface area contributed by atoms with E-state index in [-0.39, 0.29) is 16.0 Å². The predicted molar refractivity (Wildman–Crippen MR) is 72.2 cm³/mol. The van der Waals surface area contributed by atoms with Gasteiger partial charge in [0.1, 0.15) is 18.0 Å². The van der Waals surface area contributed by atoms with E-state index < -0.39 is 28.5 Å². The number of aliphatic hydroxyl groups is 1. The number of aryl methyl sites for hydroxylation is 1. The van der Waals surface area contributed by atoms with Crippen molar-refractivity contribution in [3.8, 4) is 0 Å². The summed E-state index contributed by atoms with van der Waals surface area (Å²) in [6, 6.07) is 1.70. The summed E-state index contributed by atoms with van der Waals surface area (Å²) in [6.45, 7) is 2.46. The Bertz CT molecular complexity index is 731. The maximum Gasteiger partial charge on any atom is 0.241 e. The van der Waals surface area contributed by atoms with E-state index in [1.807, 2.05) is 0 Å². The number of sulfonamides is 1. The number of aromatic amines is 1. The van der Waals surface area contributed by atoms with Gasteiger partial charge < -0.3 is 5.11 Å². The monoisotopic (exact) mass is 314 g/mol. The lowest BCUT2D eigenvalue weighted by Crippen LogP contribution is -2.28. The fourth-order valence-electron chi connectivity index (χ4n) is 1.86. The molecule has 0 amide bonds. The minimum absolute atomic E-state index is 0.0670. The molecule has 9 heteroatoms. The molecule has 1 aromatic carbocycles. The van der Waals surface area contributed by atoms with Gasteiger partial charge in [0.2, 0.25) is 10.0 Å². The highest BCUT2D eigenvalue weighted by molar-refractivity contribution is 7.89. The Labute approximate surface area is 121 Å². The number of aliphatic hydroxyl groups excluding tert-OH is 1. The molecule has 1 aromatic heterocycles. The predicted octanol–water partition coefficient (Wildman–Crippen LogP) is 0.784. The number of benzene rings is 1. The molecule has 7 nitrogen and oxygen atoms in total. The summed E-state index contributed by atoms with van der Waals surface area (Å²) < 4.78 is 40.6. The first kappa shape index (κ1) is 15.5. The second-order valence-corrected chi connectivity index (χ2v) is 6.30. The molecule has 2 rings (SSSR count). The van der Waals surface area contributed by atoms with E-state index in [0.29, 0.717) is 5.82 Å². The number of hydrogen-bond donors (Lipinski definition) is 3. The van der Waals surface area contributed by atoms with E-state index in [0.717, 1.165) is 6.07 Å². The summed E-state index contributed by atoms with van der Waals surface area (Å²) in [7, 11) is -3.87. The molecule has 0 radical (unpaired) electrons. The van der Waals surface area contributed by atoms with Crippen LogP contribution in [0.4, 0.5) is 4.39 Å². The summed E-state index contributed by atoms with van der Waals surface area (Å²) in [4.78, 5) is 3.75. The quantitative estimate of drug-likeness (QED) is 0.756. The second kappa shape index (κ2) is 5.88. The average Bonchev–Trinajstić information content (AvgIpc) is 2.95. The number of halogens is 1. The minimum Gasteiger partial charge on any atom is -0.392 e. The molecule has 0 bridgehead atoms. The van der Waals surface area contributed by atoms with Gasteiger partial charge in [-0.2, -0.15) is 5.10 Å². The summed E-state index contributed by atoms with van der Waals surface area (Å²) in [6.07, 6.45) is 1.27. The van der Waals surface area contributed by atoms with Crippen LogP contribution >= 0.6 is 0 Å². The van der Waals surface area contributed by atoms with Crippen LogP contribution in [0.3, 0.4) is 0 Å². The van der Waals surface area contributed by atoms with Crippen LogP contribution in [0, 0.1) is 12.7 Å². The van der Waals surface area contributed by atoms with Crippen LogP contribution in [0.15, 0.2) is 23.4 Å². The number of nitrogens with zero attached hydrogens (tertiary/aromatic N) is 2. The van der Waals surface area contributed by atoms with Gasteiger partial charge in [0.15, 0.2) is 0 Å². The molecule has 2 aromatic rings. The van der Waals surface area contributed by atoms with E-state index in [9.17, 15) is 12.8 Å². The number of hydrogen-bond acceptors (Lipinski definition) is 5. The Morgan fingerprint density at radius 1 is 1.48 bits per heavy atom. The van der Waals surface area contributed by atoms with Crippen molar-refractivity contribution < 1.29 is 17.9 Å². The summed E-state index contributed by atoms with van der Waals surface area (Å²) in [5.74, 6) is -0.250. The van der Waals surface area contributed by atoms with Crippen molar-refractivity contribution in [2.24, 2.45) is 0 Å². The molecule has 114 valence electrons. The molecule has 1 unspecified atom stereocenters. The van der Waals surface area contributed by atoms with Crippen LogP contribution in [0.5, 0.6) is 0 Å². The highest BCUT2D eigenvalue weighted by Crippen LogP contribution is 2.20. The molecule has 0 aliphatic heterocycles. The van der Waals surface area contributed by atoms with E-state index in [4.69, 9.17) is 5.11 Å². The lowest BCUT2D eigenvalue weighted by Gasteiger charge is -2.13. The molecule has 0 spiro atoms. The highest BCUT2D eigenvalue weighted by Gasteiger charge is 2.22. The molecule has 0 saturated heterocycles. The van der Waals surface area contributed by atoms with E-state index in [2.05, 4.69) is 19.9 Å². The Morgan fingerprint density at radius 3 is 2.76 bits per heavy atom. The molecule has 0 fully saturated rings. The first-order chi connectivity index (χ1) is 9.85. The van der Waals surface area contributed by atoms with Crippen LogP contribution in [0.25, 0.3) is 0 Å². The third kappa shape index (κ3) is 3.26. The number of H-pyrrole nitrogens is 1. The number of aromatic nitrogens is 3. The van der Waals surface area contributed by atoms with E-state index >= 15 is 0 Å².